The zero-order valence-corrected chi connectivity index (χ0v) is 25.4. The van der Waals surface area contributed by atoms with E-state index >= 15 is 0 Å². The number of nitriles is 2. The van der Waals surface area contributed by atoms with Crippen LogP contribution >= 0.6 is 0 Å². The van der Waals surface area contributed by atoms with Gasteiger partial charge in [0, 0.05) is 38.0 Å². The van der Waals surface area contributed by atoms with Gasteiger partial charge >= 0.3 is 0 Å². The van der Waals surface area contributed by atoms with E-state index in [1.807, 2.05) is 42.5 Å². The molecule has 0 aliphatic carbocycles. The van der Waals surface area contributed by atoms with Crippen LogP contribution in [-0.2, 0) is 0 Å². The Balaban J connectivity index is 1.20. The molecule has 8 aromatic carbocycles. The Hall–Kier alpha value is -6.68. The topological polar surface area (TPSA) is 50.8 Å². The summed E-state index contributed by atoms with van der Waals surface area (Å²) in [5.74, 6) is 0. The molecule has 0 aliphatic rings. The molecule has 8 aromatic rings. The molecular formula is C44H27N3. The van der Waals surface area contributed by atoms with E-state index in [9.17, 15) is 10.5 Å². The Kier molecular flexibility index (Phi) is 6.92. The van der Waals surface area contributed by atoms with Crippen LogP contribution in [0.2, 0.25) is 0 Å². The molecule has 0 fully saturated rings. The summed E-state index contributed by atoms with van der Waals surface area (Å²) >= 11 is 0. The van der Waals surface area contributed by atoms with Gasteiger partial charge in [0.25, 0.3) is 0 Å². The molecule has 0 spiro atoms. The van der Waals surface area contributed by atoms with Crippen LogP contribution < -0.4 is 4.90 Å². The first kappa shape index (κ1) is 27.8. The zero-order chi connectivity index (χ0) is 31.7. The maximum atomic E-state index is 10.1. The molecule has 8 rings (SSSR count). The van der Waals surface area contributed by atoms with Gasteiger partial charge in [0.1, 0.15) is 12.1 Å². The molecule has 0 radical (unpaired) electrons. The third-order valence-electron chi connectivity index (χ3n) is 8.91. The molecule has 0 saturated carbocycles. The number of anilines is 3. The fraction of sp³-hybridized carbons (Fsp3) is 0. The number of hydrogen-bond donors (Lipinski definition) is 0. The quantitative estimate of drug-likeness (QED) is 0.146. The van der Waals surface area contributed by atoms with Crippen LogP contribution in [-0.4, -0.2) is 0 Å². The smallest absolute Gasteiger partial charge is 0.100 e. The standard InChI is InChI=1S/C44H27N3/c45-28-41-37-15-5-6-16-38(37)42(29-46)40-27-31(23-26-39(40)41)20-19-30-21-24-34(25-22-30)47(43-17-7-11-32-9-1-3-13-35(32)43)44-18-8-12-33-10-2-4-14-36(33)44/h1-27H/b20-19-. The van der Waals surface area contributed by atoms with Crippen LogP contribution in [0.4, 0.5) is 17.1 Å². The minimum absolute atomic E-state index is 0.594. The highest BCUT2D eigenvalue weighted by atomic mass is 15.1. The van der Waals surface area contributed by atoms with Gasteiger partial charge in [-0.3, -0.25) is 0 Å². The second kappa shape index (κ2) is 11.7. The van der Waals surface area contributed by atoms with Gasteiger partial charge in [0.05, 0.1) is 22.5 Å². The number of benzene rings is 8. The van der Waals surface area contributed by atoms with E-state index in [1.165, 1.54) is 21.5 Å². The van der Waals surface area contributed by atoms with Crippen molar-refractivity contribution in [3.05, 3.63) is 174 Å². The number of nitrogens with zero attached hydrogens (tertiary/aromatic N) is 3. The molecule has 3 nitrogen and oxygen atoms in total. The number of rotatable bonds is 5. The normalized spacial score (nSPS) is 11.3. The van der Waals surface area contributed by atoms with Crippen molar-refractivity contribution in [2.45, 2.75) is 0 Å². The molecule has 218 valence electrons. The van der Waals surface area contributed by atoms with Gasteiger partial charge in [-0.25, -0.2) is 0 Å². The van der Waals surface area contributed by atoms with Gasteiger partial charge in [-0.15, -0.1) is 0 Å². The second-order valence-corrected chi connectivity index (χ2v) is 11.6. The third-order valence-corrected chi connectivity index (χ3v) is 8.91. The largest absolute Gasteiger partial charge is 0.309 e. The van der Waals surface area contributed by atoms with Gasteiger partial charge in [-0.1, -0.05) is 133 Å². The second-order valence-electron chi connectivity index (χ2n) is 11.6. The number of hydrogen-bond acceptors (Lipinski definition) is 3. The molecule has 0 aliphatic heterocycles. The molecule has 0 unspecified atom stereocenters. The SMILES string of the molecule is N#Cc1c2ccccc2c(C#N)c2cc(/C=C\c3ccc(N(c4cccc5ccccc45)c4cccc5ccccc45)cc3)ccc12. The monoisotopic (exact) mass is 597 g/mol. The zero-order valence-electron chi connectivity index (χ0n) is 25.4. The van der Waals surface area contributed by atoms with Crippen molar-refractivity contribution >= 4 is 72.3 Å². The Bertz CT molecular complexity index is 2510. The van der Waals surface area contributed by atoms with E-state index < -0.39 is 0 Å². The van der Waals surface area contributed by atoms with E-state index in [4.69, 9.17) is 0 Å². The maximum absolute atomic E-state index is 10.1. The molecule has 0 heterocycles. The molecule has 0 amide bonds. The van der Waals surface area contributed by atoms with E-state index in [0.29, 0.717) is 11.1 Å². The first-order valence-corrected chi connectivity index (χ1v) is 15.6. The fourth-order valence-electron chi connectivity index (χ4n) is 6.68. The lowest BCUT2D eigenvalue weighted by Crippen LogP contribution is -2.11. The van der Waals surface area contributed by atoms with Crippen LogP contribution in [0.25, 0.3) is 55.2 Å². The fourth-order valence-corrected chi connectivity index (χ4v) is 6.68. The summed E-state index contributed by atoms with van der Waals surface area (Å²) in [6, 6.07) is 56.9. The molecular weight excluding hydrogens is 571 g/mol. The predicted molar refractivity (Wildman–Crippen MR) is 196 cm³/mol. The van der Waals surface area contributed by atoms with Crippen LogP contribution in [0.3, 0.4) is 0 Å². The van der Waals surface area contributed by atoms with Gasteiger partial charge in [0.15, 0.2) is 0 Å². The Morgan fingerprint density at radius 3 is 1.43 bits per heavy atom. The molecule has 0 atom stereocenters. The first-order chi connectivity index (χ1) is 23.2. The highest BCUT2D eigenvalue weighted by Gasteiger charge is 2.18. The summed E-state index contributed by atoms with van der Waals surface area (Å²) in [4.78, 5) is 2.35. The van der Waals surface area contributed by atoms with E-state index in [1.54, 1.807) is 0 Å². The van der Waals surface area contributed by atoms with Crippen molar-refractivity contribution in [2.24, 2.45) is 0 Å². The van der Waals surface area contributed by atoms with Crippen molar-refractivity contribution < 1.29 is 0 Å². The van der Waals surface area contributed by atoms with E-state index in [-0.39, 0.29) is 0 Å². The Labute approximate surface area is 273 Å². The van der Waals surface area contributed by atoms with Crippen LogP contribution in [0, 0.1) is 22.7 Å². The Morgan fingerprint density at radius 2 is 0.851 bits per heavy atom. The van der Waals surface area contributed by atoms with Crippen molar-refractivity contribution in [3.8, 4) is 12.1 Å². The van der Waals surface area contributed by atoms with Gasteiger partial charge < -0.3 is 4.90 Å². The molecule has 0 aromatic heterocycles. The van der Waals surface area contributed by atoms with Crippen molar-refractivity contribution in [3.63, 3.8) is 0 Å². The van der Waals surface area contributed by atoms with Gasteiger partial charge in [-0.05, 0) is 52.2 Å². The minimum Gasteiger partial charge on any atom is -0.309 e. The summed E-state index contributed by atoms with van der Waals surface area (Å²) in [5.41, 5.74) is 6.52. The average molecular weight is 598 g/mol. The van der Waals surface area contributed by atoms with Crippen LogP contribution in [0.5, 0.6) is 0 Å². The van der Waals surface area contributed by atoms with Crippen molar-refractivity contribution in [1.29, 1.82) is 10.5 Å². The number of fused-ring (bicyclic) bond motifs is 4. The first-order valence-electron chi connectivity index (χ1n) is 15.6. The van der Waals surface area contributed by atoms with Crippen LogP contribution in [0.15, 0.2) is 152 Å². The van der Waals surface area contributed by atoms with Gasteiger partial charge in [-0.2, -0.15) is 10.5 Å². The average Bonchev–Trinajstić information content (AvgIpc) is 3.13. The van der Waals surface area contributed by atoms with Gasteiger partial charge in [0.2, 0.25) is 0 Å². The van der Waals surface area contributed by atoms with E-state index in [2.05, 4.69) is 138 Å². The summed E-state index contributed by atoms with van der Waals surface area (Å²) in [5, 5.41) is 28.0. The Morgan fingerprint density at radius 1 is 0.404 bits per heavy atom. The van der Waals surface area contributed by atoms with E-state index in [0.717, 1.165) is 49.7 Å². The minimum atomic E-state index is 0.594. The lowest BCUT2D eigenvalue weighted by atomic mass is 9.91. The predicted octanol–water partition coefficient (Wildman–Crippen LogP) is 11.7. The molecule has 3 heteroatoms. The van der Waals surface area contributed by atoms with Crippen LogP contribution in [0.1, 0.15) is 22.3 Å². The lowest BCUT2D eigenvalue weighted by molar-refractivity contribution is 1.31. The maximum Gasteiger partial charge on any atom is 0.100 e. The van der Waals surface area contributed by atoms with Crippen molar-refractivity contribution in [1.82, 2.24) is 0 Å². The highest BCUT2D eigenvalue weighted by Crippen LogP contribution is 2.42. The molecule has 0 saturated heterocycles. The summed E-state index contributed by atoms with van der Waals surface area (Å²) in [7, 11) is 0. The lowest BCUT2D eigenvalue weighted by Gasteiger charge is -2.28. The molecule has 0 N–H and O–H groups in total. The summed E-state index contributed by atoms with van der Waals surface area (Å²) in [6.07, 6.45) is 4.15. The highest BCUT2D eigenvalue weighted by molar-refractivity contribution is 6.10. The summed E-state index contributed by atoms with van der Waals surface area (Å²) < 4.78 is 0. The van der Waals surface area contributed by atoms with Crippen molar-refractivity contribution in [2.75, 3.05) is 4.90 Å². The summed E-state index contributed by atoms with van der Waals surface area (Å²) in [6.45, 7) is 0. The molecule has 47 heavy (non-hydrogen) atoms. The molecule has 0 bridgehead atoms. The third kappa shape index (κ3) is 4.84.